The Bertz CT molecular complexity index is 211. The van der Waals surface area contributed by atoms with Gasteiger partial charge >= 0.3 is 0 Å². The van der Waals surface area contributed by atoms with Gasteiger partial charge in [0.2, 0.25) is 0 Å². The molecule has 0 saturated carbocycles. The van der Waals surface area contributed by atoms with Crippen LogP contribution in [0.2, 0.25) is 0 Å². The number of hydrogen-bond donors (Lipinski definition) is 0. The first-order valence-corrected chi connectivity index (χ1v) is 3.80. The molecule has 1 nitrogen and oxygen atoms in total. The first-order chi connectivity index (χ1) is 5.18. The molecule has 0 spiro atoms. The Morgan fingerprint density at radius 1 is 1.36 bits per heavy atom. The van der Waals surface area contributed by atoms with E-state index >= 15 is 0 Å². The van der Waals surface area contributed by atoms with Crippen molar-refractivity contribution in [3.8, 4) is 0 Å². The summed E-state index contributed by atoms with van der Waals surface area (Å²) < 4.78 is 0. The van der Waals surface area contributed by atoms with Gasteiger partial charge in [0, 0.05) is 6.54 Å². The Morgan fingerprint density at radius 2 is 2.09 bits per heavy atom. The molecule has 0 aliphatic carbocycles. The number of rotatable bonds is 2. The van der Waals surface area contributed by atoms with Gasteiger partial charge < -0.3 is 4.90 Å². The Kier molecular flexibility index (Phi) is 2.66. The Hall–Kier alpha value is -0.820. The van der Waals surface area contributed by atoms with Crippen LogP contribution in [0.25, 0.3) is 0 Å². The molecule has 59 valence electrons. The molecule has 0 saturated heterocycles. The van der Waals surface area contributed by atoms with Gasteiger partial charge in [0.25, 0.3) is 0 Å². The summed E-state index contributed by atoms with van der Waals surface area (Å²) in [6.45, 7) is 3.05. The quantitative estimate of drug-likeness (QED) is 0.618. The summed E-state index contributed by atoms with van der Waals surface area (Å²) in [5.41, 5.74) is 2.52. The molecule has 0 bridgehead atoms. The minimum atomic E-state index is 0.997. The van der Waals surface area contributed by atoms with Gasteiger partial charge in [0.05, 0.1) is 0 Å². The van der Waals surface area contributed by atoms with Gasteiger partial charge in [-0.05, 0) is 44.3 Å². The monoisotopic (exact) mass is 148 g/mol. The SMILES string of the molecule is Cc1[c]cc(CN(C)C)cc1. The Labute approximate surface area is 68.7 Å². The second-order valence-electron chi connectivity index (χ2n) is 3.12. The van der Waals surface area contributed by atoms with E-state index in [1.165, 1.54) is 11.1 Å². The van der Waals surface area contributed by atoms with Crippen LogP contribution in [0.15, 0.2) is 18.2 Å². The van der Waals surface area contributed by atoms with E-state index in [0.717, 1.165) is 6.54 Å². The minimum Gasteiger partial charge on any atom is -0.305 e. The molecule has 0 atom stereocenters. The summed E-state index contributed by atoms with van der Waals surface area (Å²) in [7, 11) is 4.14. The van der Waals surface area contributed by atoms with Crippen molar-refractivity contribution in [2.24, 2.45) is 0 Å². The average molecular weight is 148 g/mol. The highest BCUT2D eigenvalue weighted by Crippen LogP contribution is 2.03. The van der Waals surface area contributed by atoms with Crippen LogP contribution in [0.4, 0.5) is 0 Å². The van der Waals surface area contributed by atoms with Gasteiger partial charge in [-0.1, -0.05) is 12.1 Å². The topological polar surface area (TPSA) is 3.24 Å². The molecule has 1 radical (unpaired) electrons. The highest BCUT2D eigenvalue weighted by atomic mass is 15.0. The predicted molar refractivity (Wildman–Crippen MR) is 47.4 cm³/mol. The number of nitrogens with zero attached hydrogens (tertiary/aromatic N) is 1. The normalized spacial score (nSPS) is 10.5. The summed E-state index contributed by atoms with van der Waals surface area (Å²) in [5.74, 6) is 0. The average Bonchev–Trinajstić information content (AvgIpc) is 1.93. The van der Waals surface area contributed by atoms with Crippen LogP contribution in [-0.4, -0.2) is 19.0 Å². The van der Waals surface area contributed by atoms with E-state index in [-0.39, 0.29) is 0 Å². The number of aryl methyl sites for hydroxylation is 1. The van der Waals surface area contributed by atoms with Crippen LogP contribution in [0.1, 0.15) is 11.1 Å². The summed E-state index contributed by atoms with van der Waals surface area (Å²) in [5, 5.41) is 0. The van der Waals surface area contributed by atoms with E-state index in [9.17, 15) is 0 Å². The lowest BCUT2D eigenvalue weighted by atomic mass is 10.1. The Morgan fingerprint density at radius 3 is 2.55 bits per heavy atom. The molecule has 0 aromatic heterocycles. The maximum atomic E-state index is 3.18. The van der Waals surface area contributed by atoms with Crippen molar-refractivity contribution in [1.29, 1.82) is 0 Å². The Balaban J connectivity index is 2.66. The van der Waals surface area contributed by atoms with Crippen LogP contribution >= 0.6 is 0 Å². The molecule has 11 heavy (non-hydrogen) atoms. The van der Waals surface area contributed by atoms with Crippen molar-refractivity contribution < 1.29 is 0 Å². The van der Waals surface area contributed by atoms with E-state index in [1.807, 2.05) is 0 Å². The second-order valence-corrected chi connectivity index (χ2v) is 3.12. The van der Waals surface area contributed by atoms with Crippen molar-refractivity contribution in [3.63, 3.8) is 0 Å². The van der Waals surface area contributed by atoms with E-state index in [4.69, 9.17) is 0 Å². The molecule has 1 heteroatoms. The first-order valence-electron chi connectivity index (χ1n) is 3.80. The lowest BCUT2D eigenvalue weighted by molar-refractivity contribution is 0.402. The fraction of sp³-hybridized carbons (Fsp3) is 0.400. The lowest BCUT2D eigenvalue weighted by Crippen LogP contribution is -2.10. The van der Waals surface area contributed by atoms with Crippen LogP contribution < -0.4 is 0 Å². The zero-order valence-corrected chi connectivity index (χ0v) is 7.39. The van der Waals surface area contributed by atoms with Crippen molar-refractivity contribution in [2.45, 2.75) is 13.5 Å². The van der Waals surface area contributed by atoms with Crippen molar-refractivity contribution in [2.75, 3.05) is 14.1 Å². The van der Waals surface area contributed by atoms with Crippen LogP contribution in [0.3, 0.4) is 0 Å². The zero-order chi connectivity index (χ0) is 8.27. The maximum Gasteiger partial charge on any atom is 0.0227 e. The molecule has 0 unspecified atom stereocenters. The van der Waals surface area contributed by atoms with E-state index in [1.54, 1.807) is 0 Å². The first kappa shape index (κ1) is 8.28. The molecule has 1 aromatic carbocycles. The van der Waals surface area contributed by atoms with Crippen LogP contribution in [0, 0.1) is 13.0 Å². The fourth-order valence-electron chi connectivity index (χ4n) is 0.998. The predicted octanol–water partition coefficient (Wildman–Crippen LogP) is 1.86. The number of hydrogen-bond acceptors (Lipinski definition) is 1. The summed E-state index contributed by atoms with van der Waals surface area (Å²) >= 11 is 0. The van der Waals surface area contributed by atoms with E-state index in [2.05, 4.69) is 50.2 Å². The molecule has 0 N–H and O–H groups in total. The number of benzene rings is 1. The maximum absolute atomic E-state index is 3.18. The molecule has 0 aliphatic heterocycles. The van der Waals surface area contributed by atoms with Gasteiger partial charge in [-0.15, -0.1) is 0 Å². The summed E-state index contributed by atoms with van der Waals surface area (Å²) in [4.78, 5) is 2.15. The molecule has 0 aliphatic rings. The summed E-state index contributed by atoms with van der Waals surface area (Å²) in [6, 6.07) is 9.47. The third kappa shape index (κ3) is 2.72. The van der Waals surface area contributed by atoms with Crippen molar-refractivity contribution in [1.82, 2.24) is 4.90 Å². The largest absolute Gasteiger partial charge is 0.305 e. The summed E-state index contributed by atoms with van der Waals surface area (Å²) in [6.07, 6.45) is 0. The van der Waals surface area contributed by atoms with Crippen molar-refractivity contribution in [3.05, 3.63) is 35.4 Å². The van der Waals surface area contributed by atoms with Gasteiger partial charge in [-0.2, -0.15) is 0 Å². The van der Waals surface area contributed by atoms with Crippen LogP contribution in [-0.2, 0) is 6.54 Å². The highest BCUT2D eigenvalue weighted by Gasteiger charge is 1.93. The lowest BCUT2D eigenvalue weighted by Gasteiger charge is -2.08. The van der Waals surface area contributed by atoms with E-state index in [0.29, 0.717) is 0 Å². The van der Waals surface area contributed by atoms with E-state index < -0.39 is 0 Å². The molecule has 0 amide bonds. The smallest absolute Gasteiger partial charge is 0.0227 e. The molecule has 1 aromatic rings. The molecular formula is C10H14N. The minimum absolute atomic E-state index is 0.997. The zero-order valence-electron chi connectivity index (χ0n) is 7.39. The van der Waals surface area contributed by atoms with Gasteiger partial charge in [0.15, 0.2) is 0 Å². The second kappa shape index (κ2) is 3.54. The van der Waals surface area contributed by atoms with Crippen molar-refractivity contribution >= 4 is 0 Å². The fourth-order valence-corrected chi connectivity index (χ4v) is 0.998. The van der Waals surface area contributed by atoms with Gasteiger partial charge in [0.1, 0.15) is 0 Å². The third-order valence-corrected chi connectivity index (χ3v) is 1.53. The standard InChI is InChI=1S/C10H14N/c1-9-4-6-10(7-5-9)8-11(2)3/h4,6-7H,8H2,1-3H3. The molecular weight excluding hydrogens is 134 g/mol. The van der Waals surface area contributed by atoms with Gasteiger partial charge in [-0.3, -0.25) is 0 Å². The molecule has 0 fully saturated rings. The molecule has 0 heterocycles. The van der Waals surface area contributed by atoms with Gasteiger partial charge in [-0.25, -0.2) is 0 Å². The van der Waals surface area contributed by atoms with Crippen LogP contribution in [0.5, 0.6) is 0 Å². The highest BCUT2D eigenvalue weighted by molar-refractivity contribution is 5.19. The molecule has 1 rings (SSSR count). The third-order valence-electron chi connectivity index (χ3n) is 1.53.